The number of carbonyl (C=O) groups excluding carboxylic acids is 2. The van der Waals surface area contributed by atoms with Gasteiger partial charge in [0, 0.05) is 0 Å². The van der Waals surface area contributed by atoms with Crippen molar-refractivity contribution >= 4 is 11.8 Å². The lowest BCUT2D eigenvalue weighted by Crippen LogP contribution is -2.30. The largest absolute Gasteiger partial charge is 0.468 e. The highest BCUT2D eigenvalue weighted by molar-refractivity contribution is 6.09. The molecule has 0 saturated carbocycles. The van der Waals surface area contributed by atoms with Gasteiger partial charge in [-0.2, -0.15) is 13.2 Å². The van der Waals surface area contributed by atoms with Gasteiger partial charge >= 0.3 is 12.1 Å². The van der Waals surface area contributed by atoms with E-state index in [2.05, 4.69) is 4.74 Å². The van der Waals surface area contributed by atoms with Crippen LogP contribution in [0.15, 0.2) is 18.2 Å². The molecule has 7 heteroatoms. The molecule has 1 unspecified atom stereocenters. The number of benzene rings is 1. The molecule has 0 aliphatic rings. The average Bonchev–Trinajstić information content (AvgIpc) is 2.37. The number of methoxy groups -OCH3 is 1. The summed E-state index contributed by atoms with van der Waals surface area (Å²) in [6, 6.07) is 1.51. The molecule has 0 bridgehead atoms. The Labute approximate surface area is 118 Å². The summed E-state index contributed by atoms with van der Waals surface area (Å²) >= 11 is 0. The smallest absolute Gasteiger partial charge is 0.416 e. The summed E-state index contributed by atoms with van der Waals surface area (Å²) in [5, 5.41) is 0. The van der Waals surface area contributed by atoms with E-state index < -0.39 is 46.7 Å². The van der Waals surface area contributed by atoms with E-state index in [-0.39, 0.29) is 0 Å². The van der Waals surface area contributed by atoms with Crippen molar-refractivity contribution in [2.75, 3.05) is 7.11 Å². The minimum absolute atomic E-state index is 0.413. The highest BCUT2D eigenvalue weighted by atomic mass is 19.4. The van der Waals surface area contributed by atoms with Crippen LogP contribution in [0.25, 0.3) is 0 Å². The van der Waals surface area contributed by atoms with Gasteiger partial charge in [0.2, 0.25) is 0 Å². The molecule has 0 saturated heterocycles. The molecule has 0 fully saturated rings. The molecule has 0 spiro atoms. The lowest BCUT2D eigenvalue weighted by molar-refractivity contribution is -0.144. The fourth-order valence-electron chi connectivity index (χ4n) is 1.87. The zero-order valence-corrected chi connectivity index (χ0v) is 11.6. The third-order valence-electron chi connectivity index (χ3n) is 2.96. The van der Waals surface area contributed by atoms with Crippen molar-refractivity contribution < 1.29 is 31.9 Å². The van der Waals surface area contributed by atoms with Crippen LogP contribution in [-0.2, 0) is 15.7 Å². The molecule has 0 heterocycles. The Morgan fingerprint density at radius 3 is 2.19 bits per heavy atom. The molecule has 1 rings (SSSR count). The van der Waals surface area contributed by atoms with Crippen molar-refractivity contribution in [3.8, 4) is 0 Å². The molecule has 0 aromatic heterocycles. The summed E-state index contributed by atoms with van der Waals surface area (Å²) in [5.41, 5.74) is -1.92. The van der Waals surface area contributed by atoms with E-state index >= 15 is 0 Å². The van der Waals surface area contributed by atoms with Crippen molar-refractivity contribution in [2.24, 2.45) is 11.8 Å². The third-order valence-corrected chi connectivity index (χ3v) is 2.96. The average molecular weight is 306 g/mol. The van der Waals surface area contributed by atoms with Gasteiger partial charge in [0.25, 0.3) is 0 Å². The lowest BCUT2D eigenvalue weighted by Gasteiger charge is -2.18. The molecule has 0 N–H and O–H groups in total. The first-order chi connectivity index (χ1) is 9.59. The van der Waals surface area contributed by atoms with E-state index in [9.17, 15) is 27.2 Å². The van der Waals surface area contributed by atoms with Gasteiger partial charge in [-0.1, -0.05) is 13.8 Å². The standard InChI is InChI=1S/C14H14F4O3/c1-7(2)11(13(20)21-3)12(19)9-6-8(14(16,17)18)4-5-10(9)15/h4-7,11H,1-3H3. The molecule has 1 aromatic rings. The Morgan fingerprint density at radius 1 is 1.19 bits per heavy atom. The highest BCUT2D eigenvalue weighted by Crippen LogP contribution is 2.31. The van der Waals surface area contributed by atoms with Crippen LogP contribution in [0.1, 0.15) is 29.8 Å². The van der Waals surface area contributed by atoms with Crippen LogP contribution >= 0.6 is 0 Å². The van der Waals surface area contributed by atoms with Gasteiger partial charge < -0.3 is 4.74 Å². The second kappa shape index (κ2) is 6.24. The maximum atomic E-state index is 13.7. The summed E-state index contributed by atoms with van der Waals surface area (Å²) in [5.74, 6) is -4.94. The van der Waals surface area contributed by atoms with Gasteiger partial charge in [0.05, 0.1) is 18.2 Å². The van der Waals surface area contributed by atoms with E-state index in [1.165, 1.54) is 13.8 Å². The Kier molecular flexibility index (Phi) is 5.09. The van der Waals surface area contributed by atoms with Crippen molar-refractivity contribution in [1.29, 1.82) is 0 Å². The first-order valence-corrected chi connectivity index (χ1v) is 6.08. The molecule has 0 aliphatic heterocycles. The highest BCUT2D eigenvalue weighted by Gasteiger charge is 2.36. The molecule has 3 nitrogen and oxygen atoms in total. The zero-order chi connectivity index (χ0) is 16.4. The van der Waals surface area contributed by atoms with Crippen LogP contribution in [0.4, 0.5) is 17.6 Å². The molecule has 1 aromatic carbocycles. The second-order valence-electron chi connectivity index (χ2n) is 4.80. The summed E-state index contributed by atoms with van der Waals surface area (Å²) in [6.45, 7) is 3.04. The van der Waals surface area contributed by atoms with Crippen molar-refractivity contribution in [3.05, 3.63) is 35.1 Å². The van der Waals surface area contributed by atoms with E-state index in [0.29, 0.717) is 18.2 Å². The van der Waals surface area contributed by atoms with E-state index in [4.69, 9.17) is 0 Å². The van der Waals surface area contributed by atoms with E-state index in [1.54, 1.807) is 0 Å². The number of hydrogen-bond acceptors (Lipinski definition) is 3. The number of ether oxygens (including phenoxy) is 1. The number of halogens is 4. The van der Waals surface area contributed by atoms with Gasteiger partial charge in [-0.25, -0.2) is 4.39 Å². The predicted octanol–water partition coefficient (Wildman–Crippen LogP) is 3.47. The summed E-state index contributed by atoms with van der Waals surface area (Å²) < 4.78 is 56.0. The fourth-order valence-corrected chi connectivity index (χ4v) is 1.87. The van der Waals surface area contributed by atoms with Crippen LogP contribution in [0, 0.1) is 17.7 Å². The van der Waals surface area contributed by atoms with Crippen molar-refractivity contribution in [2.45, 2.75) is 20.0 Å². The maximum absolute atomic E-state index is 13.7. The van der Waals surface area contributed by atoms with Crippen molar-refractivity contribution in [3.63, 3.8) is 0 Å². The first-order valence-electron chi connectivity index (χ1n) is 6.08. The van der Waals surface area contributed by atoms with Gasteiger partial charge in [-0.15, -0.1) is 0 Å². The molecule has 0 aliphatic carbocycles. The number of ketones is 1. The van der Waals surface area contributed by atoms with Crippen LogP contribution in [0.5, 0.6) is 0 Å². The molecular weight excluding hydrogens is 292 g/mol. The summed E-state index contributed by atoms with van der Waals surface area (Å²) in [7, 11) is 1.05. The fraction of sp³-hybridized carbons (Fsp3) is 0.429. The number of Topliss-reactive ketones (excluding diaryl/α,β-unsaturated/α-hetero) is 1. The number of hydrogen-bond donors (Lipinski definition) is 0. The van der Waals surface area contributed by atoms with Gasteiger partial charge in [0.1, 0.15) is 11.7 Å². The number of rotatable bonds is 4. The Balaban J connectivity index is 3.31. The molecule has 0 radical (unpaired) electrons. The van der Waals surface area contributed by atoms with Crippen LogP contribution < -0.4 is 0 Å². The van der Waals surface area contributed by atoms with Crippen LogP contribution in [0.3, 0.4) is 0 Å². The molecule has 21 heavy (non-hydrogen) atoms. The first kappa shape index (κ1) is 17.1. The Morgan fingerprint density at radius 2 is 1.76 bits per heavy atom. The SMILES string of the molecule is COC(=O)C(C(=O)c1cc(C(F)(F)F)ccc1F)C(C)C. The quantitative estimate of drug-likeness (QED) is 0.370. The second-order valence-corrected chi connectivity index (χ2v) is 4.80. The monoisotopic (exact) mass is 306 g/mol. The van der Waals surface area contributed by atoms with Crippen LogP contribution in [0.2, 0.25) is 0 Å². The van der Waals surface area contributed by atoms with Gasteiger partial charge in [0.15, 0.2) is 5.78 Å². The van der Waals surface area contributed by atoms with Crippen LogP contribution in [-0.4, -0.2) is 18.9 Å². The van der Waals surface area contributed by atoms with Crippen molar-refractivity contribution in [1.82, 2.24) is 0 Å². The number of carbonyl (C=O) groups is 2. The minimum Gasteiger partial charge on any atom is -0.468 e. The number of esters is 1. The Hall–Kier alpha value is -1.92. The van der Waals surface area contributed by atoms with E-state index in [1.807, 2.05) is 0 Å². The minimum atomic E-state index is -4.71. The molecule has 1 atom stereocenters. The molecule has 116 valence electrons. The molecule has 0 amide bonds. The zero-order valence-electron chi connectivity index (χ0n) is 11.6. The Bertz CT molecular complexity index is 550. The topological polar surface area (TPSA) is 43.4 Å². The number of alkyl halides is 3. The van der Waals surface area contributed by atoms with E-state index in [0.717, 1.165) is 7.11 Å². The van der Waals surface area contributed by atoms with Gasteiger partial charge in [-0.05, 0) is 24.1 Å². The normalized spacial score (nSPS) is 13.1. The molecular formula is C14H14F4O3. The maximum Gasteiger partial charge on any atom is 0.416 e. The summed E-state index contributed by atoms with van der Waals surface area (Å²) in [6.07, 6.45) is -4.71. The summed E-state index contributed by atoms with van der Waals surface area (Å²) in [4.78, 5) is 23.8. The van der Waals surface area contributed by atoms with Gasteiger partial charge in [-0.3, -0.25) is 9.59 Å². The third kappa shape index (κ3) is 3.80. The lowest BCUT2D eigenvalue weighted by atomic mass is 9.87. The predicted molar refractivity (Wildman–Crippen MR) is 66.1 cm³/mol.